The molecule has 1 aliphatic rings. The first-order chi connectivity index (χ1) is 10.0. The zero-order chi connectivity index (χ0) is 15.1. The van der Waals surface area contributed by atoms with Crippen LogP contribution in [0.5, 0.6) is 0 Å². The highest BCUT2D eigenvalue weighted by Gasteiger charge is 2.30. The highest BCUT2D eigenvalue weighted by atomic mass is 35.5. The highest BCUT2D eigenvalue weighted by Crippen LogP contribution is 2.40. The van der Waals surface area contributed by atoms with Crippen LogP contribution in [-0.2, 0) is 6.54 Å². The molecule has 3 rings (SSSR count). The molecule has 1 aliphatic heterocycles. The second-order valence-electron chi connectivity index (χ2n) is 5.44. The highest BCUT2D eigenvalue weighted by molar-refractivity contribution is 6.32. The van der Waals surface area contributed by atoms with Crippen molar-refractivity contribution in [1.29, 1.82) is 0 Å². The number of carbonyl (C=O) groups excluding carboxylic acids is 1. The van der Waals surface area contributed by atoms with Crippen LogP contribution in [0.4, 0.5) is 0 Å². The van der Waals surface area contributed by atoms with E-state index >= 15 is 0 Å². The van der Waals surface area contributed by atoms with Gasteiger partial charge in [0.25, 0.3) is 0 Å². The van der Waals surface area contributed by atoms with E-state index in [0.29, 0.717) is 17.1 Å². The lowest BCUT2D eigenvalue weighted by Crippen LogP contribution is -2.17. The summed E-state index contributed by atoms with van der Waals surface area (Å²) in [7, 11) is 0. The minimum atomic E-state index is -0.597. The molecule has 0 aliphatic carbocycles. The fraction of sp³-hybridized carbons (Fsp3) is 0.375. The average molecular weight is 305 g/mol. The molecule has 1 atom stereocenters. The first kappa shape index (κ1) is 14.3. The van der Waals surface area contributed by atoms with Crippen LogP contribution < -0.4 is 0 Å². The van der Waals surface area contributed by atoms with Crippen molar-refractivity contribution in [2.24, 2.45) is 0 Å². The number of hydrogen-bond acceptors (Lipinski definition) is 3. The van der Waals surface area contributed by atoms with Crippen LogP contribution in [0.25, 0.3) is 11.3 Å². The van der Waals surface area contributed by atoms with E-state index in [9.17, 15) is 9.90 Å². The molecule has 0 saturated heterocycles. The van der Waals surface area contributed by atoms with Gasteiger partial charge in [-0.1, -0.05) is 11.6 Å². The van der Waals surface area contributed by atoms with Crippen molar-refractivity contribution in [2.75, 3.05) is 0 Å². The van der Waals surface area contributed by atoms with Crippen molar-refractivity contribution < 1.29 is 9.90 Å². The molecule has 21 heavy (non-hydrogen) atoms. The Kier molecular flexibility index (Phi) is 3.59. The third-order valence-corrected chi connectivity index (χ3v) is 4.39. The topological polar surface area (TPSA) is 55.1 Å². The van der Waals surface area contributed by atoms with E-state index < -0.39 is 6.10 Å². The van der Waals surface area contributed by atoms with Crippen LogP contribution in [0.3, 0.4) is 0 Å². The maximum absolute atomic E-state index is 12.0. The van der Waals surface area contributed by atoms with Crippen molar-refractivity contribution in [3.8, 4) is 11.3 Å². The minimum Gasteiger partial charge on any atom is -0.387 e. The Hall–Kier alpha value is -1.65. The number of aliphatic hydroxyl groups excluding tert-OH is 1. The summed E-state index contributed by atoms with van der Waals surface area (Å²) in [6, 6.07) is 3.73. The molecule has 1 unspecified atom stereocenters. The van der Waals surface area contributed by atoms with Crippen molar-refractivity contribution in [1.82, 2.24) is 9.55 Å². The number of aliphatic hydroxyl groups is 1. The molecular weight excluding hydrogens is 288 g/mol. The molecule has 110 valence electrons. The van der Waals surface area contributed by atoms with Crippen molar-refractivity contribution in [2.45, 2.75) is 39.3 Å². The van der Waals surface area contributed by atoms with Gasteiger partial charge in [-0.15, -0.1) is 0 Å². The molecule has 5 heteroatoms. The van der Waals surface area contributed by atoms with E-state index in [1.165, 1.54) is 0 Å². The molecule has 2 aromatic rings. The number of pyridine rings is 1. The predicted molar refractivity (Wildman–Crippen MR) is 81.6 cm³/mol. The molecule has 0 spiro atoms. The number of ketones is 1. The molecule has 0 amide bonds. The number of nitrogens with zero attached hydrogens (tertiary/aromatic N) is 2. The van der Waals surface area contributed by atoms with Gasteiger partial charge in [0.15, 0.2) is 5.78 Å². The molecule has 0 saturated carbocycles. The Morgan fingerprint density at radius 1 is 1.52 bits per heavy atom. The molecule has 4 nitrogen and oxygen atoms in total. The summed E-state index contributed by atoms with van der Waals surface area (Å²) in [5.41, 5.74) is 3.92. The third kappa shape index (κ3) is 2.19. The van der Waals surface area contributed by atoms with Gasteiger partial charge in [0.2, 0.25) is 0 Å². The number of carbonyl (C=O) groups is 1. The molecule has 0 fully saturated rings. The zero-order valence-corrected chi connectivity index (χ0v) is 12.8. The number of aromatic nitrogens is 2. The second-order valence-corrected chi connectivity index (χ2v) is 5.80. The summed E-state index contributed by atoms with van der Waals surface area (Å²) in [6.45, 7) is 4.23. The molecular formula is C16H17ClN2O2. The Bertz CT molecular complexity index is 721. The van der Waals surface area contributed by atoms with Crippen molar-refractivity contribution in [3.05, 3.63) is 40.3 Å². The van der Waals surface area contributed by atoms with Gasteiger partial charge in [-0.25, -0.2) is 4.98 Å². The smallest absolute Gasteiger partial charge is 0.162 e. The minimum absolute atomic E-state index is 0.0246. The van der Waals surface area contributed by atoms with Crippen molar-refractivity contribution in [3.63, 3.8) is 0 Å². The third-order valence-electron chi connectivity index (χ3n) is 4.09. The Balaban J connectivity index is 2.34. The first-order valence-corrected chi connectivity index (χ1v) is 7.43. The lowest BCUT2D eigenvalue weighted by Gasteiger charge is -2.23. The van der Waals surface area contributed by atoms with Gasteiger partial charge in [0.05, 0.1) is 17.5 Å². The number of fused-ring (bicyclic) bond motifs is 1. The Labute approximate surface area is 128 Å². The normalized spacial score (nSPS) is 17.6. The van der Waals surface area contributed by atoms with Gasteiger partial charge < -0.3 is 9.67 Å². The quantitative estimate of drug-likeness (QED) is 0.682. The van der Waals surface area contributed by atoms with E-state index in [1.54, 1.807) is 13.1 Å². The van der Waals surface area contributed by atoms with Gasteiger partial charge in [-0.05, 0) is 44.4 Å². The summed E-state index contributed by atoms with van der Waals surface area (Å²) in [4.78, 5) is 16.2. The Morgan fingerprint density at radius 2 is 2.29 bits per heavy atom. The largest absolute Gasteiger partial charge is 0.387 e. The van der Waals surface area contributed by atoms with Crippen molar-refractivity contribution >= 4 is 17.4 Å². The number of Topliss-reactive ketones (excluding diaryl/α,β-unsaturated/α-hetero) is 1. The van der Waals surface area contributed by atoms with Gasteiger partial charge in [0.1, 0.15) is 5.15 Å². The van der Waals surface area contributed by atoms with E-state index in [2.05, 4.69) is 4.98 Å². The number of hydrogen-bond donors (Lipinski definition) is 1. The van der Waals surface area contributed by atoms with E-state index in [1.807, 2.05) is 23.6 Å². The second kappa shape index (κ2) is 5.28. The van der Waals surface area contributed by atoms with Crippen LogP contribution in [-0.4, -0.2) is 20.4 Å². The van der Waals surface area contributed by atoms with Gasteiger partial charge >= 0.3 is 0 Å². The van der Waals surface area contributed by atoms with E-state index in [0.717, 1.165) is 35.5 Å². The average Bonchev–Trinajstić information content (AvgIpc) is 2.73. The summed E-state index contributed by atoms with van der Waals surface area (Å²) in [5.74, 6) is -0.0246. The molecule has 0 bridgehead atoms. The Morgan fingerprint density at radius 3 is 2.95 bits per heavy atom. The molecule has 0 aromatic carbocycles. The standard InChI is InChI=1S/C16H17ClN2O2/c1-9-13(10(2)20)15-12(21)6-4-8-19(15)14(9)11-5-3-7-18-16(11)17/h3,5,7,12,21H,4,6,8H2,1-2H3. The maximum Gasteiger partial charge on any atom is 0.162 e. The SMILES string of the molecule is CC(=O)c1c(C)c(-c2cccnc2Cl)n2c1C(O)CCC2. The number of rotatable bonds is 2. The van der Waals surface area contributed by atoms with E-state index in [-0.39, 0.29) is 5.78 Å². The molecule has 3 heterocycles. The fourth-order valence-electron chi connectivity index (χ4n) is 3.28. The molecule has 2 aromatic heterocycles. The summed E-state index contributed by atoms with van der Waals surface area (Å²) in [6.07, 6.45) is 2.61. The fourth-order valence-corrected chi connectivity index (χ4v) is 3.49. The summed E-state index contributed by atoms with van der Waals surface area (Å²) in [5, 5.41) is 10.7. The summed E-state index contributed by atoms with van der Waals surface area (Å²) < 4.78 is 2.03. The van der Waals surface area contributed by atoms with Crippen LogP contribution >= 0.6 is 11.6 Å². The van der Waals surface area contributed by atoms with Crippen LogP contribution in [0.2, 0.25) is 5.15 Å². The van der Waals surface area contributed by atoms with Gasteiger partial charge in [-0.3, -0.25) is 4.79 Å². The summed E-state index contributed by atoms with van der Waals surface area (Å²) >= 11 is 6.23. The van der Waals surface area contributed by atoms with Crippen LogP contribution in [0, 0.1) is 6.92 Å². The lowest BCUT2D eigenvalue weighted by atomic mass is 9.99. The predicted octanol–water partition coefficient (Wildman–Crippen LogP) is 3.54. The lowest BCUT2D eigenvalue weighted by molar-refractivity contribution is 0.0995. The monoisotopic (exact) mass is 304 g/mol. The van der Waals surface area contributed by atoms with Gasteiger partial charge in [0, 0.05) is 23.9 Å². The van der Waals surface area contributed by atoms with Gasteiger partial charge in [-0.2, -0.15) is 0 Å². The number of halogens is 1. The van der Waals surface area contributed by atoms with E-state index in [4.69, 9.17) is 11.6 Å². The van der Waals surface area contributed by atoms with Crippen LogP contribution in [0.15, 0.2) is 18.3 Å². The molecule has 0 radical (unpaired) electrons. The first-order valence-electron chi connectivity index (χ1n) is 7.05. The maximum atomic E-state index is 12.0. The zero-order valence-electron chi connectivity index (χ0n) is 12.1. The van der Waals surface area contributed by atoms with Crippen LogP contribution in [0.1, 0.15) is 47.5 Å². The molecule has 1 N–H and O–H groups in total.